The van der Waals surface area contributed by atoms with Crippen molar-refractivity contribution in [2.45, 2.75) is 32.4 Å². The first-order valence-electron chi connectivity index (χ1n) is 8.63. The first-order valence-corrected chi connectivity index (χ1v) is 11.5. The minimum Gasteiger partial charge on any atom is -0.346 e. The van der Waals surface area contributed by atoms with Crippen LogP contribution in [-0.2, 0) is 14.8 Å². The summed E-state index contributed by atoms with van der Waals surface area (Å²) in [5, 5.41) is 4.28. The van der Waals surface area contributed by atoms with Gasteiger partial charge in [-0.15, -0.1) is 0 Å². The van der Waals surface area contributed by atoms with E-state index in [4.69, 9.17) is 0 Å². The molecule has 0 aliphatic carbocycles. The number of fused-ring (bicyclic) bond motifs is 1. The van der Waals surface area contributed by atoms with Crippen LogP contribution in [0.5, 0.6) is 0 Å². The molecule has 0 saturated heterocycles. The Bertz CT molecular complexity index is 968. The molecule has 0 saturated carbocycles. The van der Waals surface area contributed by atoms with Gasteiger partial charge in [-0.1, -0.05) is 25.6 Å². The molecule has 0 aromatic carbocycles. The van der Waals surface area contributed by atoms with E-state index in [1.807, 2.05) is 32.2 Å². The van der Waals surface area contributed by atoms with E-state index in [2.05, 4.69) is 25.0 Å². The van der Waals surface area contributed by atoms with Crippen molar-refractivity contribution >= 4 is 43.9 Å². The maximum Gasteiger partial charge on any atom is 0.244 e. The standard InChI is InChI=1S/C17H23N5O3S2/c1-10(2)7-13(22-27(3,24)25)16(23)21-17-20-14(9-26-17)12-8-19-15-11(12)5-4-6-18-15/h4-6,8,10,13-14,22H,7,9H2,1-3H3,(H,18,19)(H,20,21,23)/t13-,14?/m0/s1. The molecule has 8 nitrogen and oxygen atoms in total. The normalized spacial score (nSPS) is 18.7. The van der Waals surface area contributed by atoms with E-state index in [9.17, 15) is 13.2 Å². The number of carbonyl (C=O) groups excluding carboxylic acids is 1. The number of hydrogen-bond acceptors (Lipinski definition) is 6. The van der Waals surface area contributed by atoms with Crippen LogP contribution >= 0.6 is 11.8 Å². The molecule has 1 amide bonds. The minimum atomic E-state index is -3.49. The molecular weight excluding hydrogens is 386 g/mol. The summed E-state index contributed by atoms with van der Waals surface area (Å²) in [6.07, 6.45) is 5.08. The van der Waals surface area contributed by atoms with Crippen LogP contribution in [0.3, 0.4) is 0 Å². The molecule has 0 spiro atoms. The lowest BCUT2D eigenvalue weighted by Crippen LogP contribution is -2.48. The third kappa shape index (κ3) is 5.08. The van der Waals surface area contributed by atoms with Crippen LogP contribution in [0.2, 0.25) is 0 Å². The smallest absolute Gasteiger partial charge is 0.244 e. The van der Waals surface area contributed by atoms with E-state index >= 15 is 0 Å². The second-order valence-electron chi connectivity index (χ2n) is 6.97. The Hall–Kier alpha value is -1.91. The van der Waals surface area contributed by atoms with Gasteiger partial charge in [0, 0.05) is 29.1 Å². The van der Waals surface area contributed by atoms with E-state index in [1.54, 1.807) is 6.20 Å². The molecule has 0 fully saturated rings. The Morgan fingerprint density at radius 3 is 2.93 bits per heavy atom. The van der Waals surface area contributed by atoms with Gasteiger partial charge in [-0.3, -0.25) is 9.79 Å². The molecule has 1 aliphatic rings. The highest BCUT2D eigenvalue weighted by Crippen LogP contribution is 2.33. The fraction of sp³-hybridized carbons (Fsp3) is 0.471. The highest BCUT2D eigenvalue weighted by molar-refractivity contribution is 8.14. The zero-order valence-corrected chi connectivity index (χ0v) is 17.0. The summed E-state index contributed by atoms with van der Waals surface area (Å²) in [5.41, 5.74) is 1.84. The van der Waals surface area contributed by atoms with Gasteiger partial charge in [0.2, 0.25) is 15.9 Å². The van der Waals surface area contributed by atoms with Crippen LogP contribution in [0.15, 0.2) is 29.5 Å². The lowest BCUT2D eigenvalue weighted by atomic mass is 10.0. The quantitative estimate of drug-likeness (QED) is 0.672. The topological polar surface area (TPSA) is 116 Å². The van der Waals surface area contributed by atoms with Crippen molar-refractivity contribution in [2.75, 3.05) is 12.0 Å². The molecule has 3 rings (SSSR count). The Balaban J connectivity index is 1.73. The summed E-state index contributed by atoms with van der Waals surface area (Å²) in [6.45, 7) is 3.88. The van der Waals surface area contributed by atoms with Crippen molar-refractivity contribution in [2.24, 2.45) is 10.9 Å². The second-order valence-corrected chi connectivity index (χ2v) is 9.75. The second kappa shape index (κ2) is 7.99. The molecule has 0 radical (unpaired) electrons. The monoisotopic (exact) mass is 409 g/mol. The van der Waals surface area contributed by atoms with Gasteiger partial charge < -0.3 is 10.3 Å². The Kier molecular flexibility index (Phi) is 5.87. The van der Waals surface area contributed by atoms with Crippen molar-refractivity contribution in [3.8, 4) is 0 Å². The van der Waals surface area contributed by atoms with Crippen LogP contribution in [0, 0.1) is 5.92 Å². The van der Waals surface area contributed by atoms with E-state index in [1.165, 1.54) is 11.8 Å². The van der Waals surface area contributed by atoms with Crippen molar-refractivity contribution in [1.29, 1.82) is 0 Å². The van der Waals surface area contributed by atoms with Crippen LogP contribution in [0.4, 0.5) is 0 Å². The Labute approximate surface area is 162 Å². The maximum absolute atomic E-state index is 12.6. The van der Waals surface area contributed by atoms with Crippen molar-refractivity contribution < 1.29 is 13.2 Å². The Morgan fingerprint density at radius 1 is 1.44 bits per heavy atom. The third-order valence-corrected chi connectivity index (χ3v) is 5.78. The molecule has 2 atom stereocenters. The number of rotatable bonds is 6. The molecule has 1 unspecified atom stereocenters. The van der Waals surface area contributed by atoms with E-state index in [0.29, 0.717) is 17.3 Å². The molecule has 10 heteroatoms. The van der Waals surface area contributed by atoms with Crippen molar-refractivity contribution in [3.63, 3.8) is 0 Å². The molecule has 27 heavy (non-hydrogen) atoms. The first kappa shape index (κ1) is 19.8. The number of amidine groups is 1. The number of carbonyl (C=O) groups is 1. The number of aromatic nitrogens is 2. The SMILES string of the molecule is CC(C)C[C@H](NS(C)(=O)=O)C(=O)NC1=NC(c2c[nH]c3ncccc23)CS1. The summed E-state index contributed by atoms with van der Waals surface area (Å²) in [4.78, 5) is 24.6. The summed E-state index contributed by atoms with van der Waals surface area (Å²) < 4.78 is 25.5. The van der Waals surface area contributed by atoms with Gasteiger partial charge in [0.15, 0.2) is 5.17 Å². The number of nitrogens with zero attached hydrogens (tertiary/aromatic N) is 2. The summed E-state index contributed by atoms with van der Waals surface area (Å²) in [7, 11) is -3.49. The zero-order chi connectivity index (χ0) is 19.6. The van der Waals surface area contributed by atoms with Gasteiger partial charge in [0.25, 0.3) is 0 Å². The first-order chi connectivity index (χ1) is 12.7. The number of amides is 1. The number of sulfonamides is 1. The fourth-order valence-electron chi connectivity index (χ4n) is 2.99. The fourth-order valence-corrected chi connectivity index (χ4v) is 4.65. The van der Waals surface area contributed by atoms with Gasteiger partial charge in [-0.2, -0.15) is 0 Å². The van der Waals surface area contributed by atoms with Crippen molar-refractivity contribution in [3.05, 3.63) is 30.1 Å². The van der Waals surface area contributed by atoms with E-state index in [-0.39, 0.29) is 17.9 Å². The number of aromatic amines is 1. The number of nitrogens with one attached hydrogen (secondary N) is 3. The predicted molar refractivity (Wildman–Crippen MR) is 108 cm³/mol. The van der Waals surface area contributed by atoms with Gasteiger partial charge >= 0.3 is 0 Å². The Morgan fingerprint density at radius 2 is 2.22 bits per heavy atom. The average Bonchev–Trinajstić information content (AvgIpc) is 3.18. The lowest BCUT2D eigenvalue weighted by Gasteiger charge is -2.18. The molecule has 0 bridgehead atoms. The van der Waals surface area contributed by atoms with Gasteiger partial charge in [0.05, 0.1) is 12.3 Å². The van der Waals surface area contributed by atoms with Gasteiger partial charge in [-0.25, -0.2) is 18.1 Å². The zero-order valence-electron chi connectivity index (χ0n) is 15.4. The van der Waals surface area contributed by atoms with Crippen LogP contribution < -0.4 is 10.0 Å². The lowest BCUT2D eigenvalue weighted by molar-refractivity contribution is -0.121. The van der Waals surface area contributed by atoms with Crippen LogP contribution in [-0.4, -0.2) is 47.5 Å². The predicted octanol–water partition coefficient (Wildman–Crippen LogP) is 1.79. The van der Waals surface area contributed by atoms with E-state index < -0.39 is 16.1 Å². The van der Waals surface area contributed by atoms with Crippen molar-refractivity contribution in [1.82, 2.24) is 20.0 Å². The molecule has 2 aromatic rings. The van der Waals surface area contributed by atoms with Gasteiger partial charge in [0.1, 0.15) is 11.7 Å². The van der Waals surface area contributed by atoms with E-state index in [0.717, 1.165) is 22.9 Å². The van der Waals surface area contributed by atoms with Crippen LogP contribution in [0.1, 0.15) is 31.9 Å². The number of thioether (sulfide) groups is 1. The minimum absolute atomic E-state index is 0.0883. The third-order valence-electron chi connectivity index (χ3n) is 4.10. The summed E-state index contributed by atoms with van der Waals surface area (Å²) >= 11 is 1.45. The highest BCUT2D eigenvalue weighted by atomic mass is 32.2. The average molecular weight is 410 g/mol. The van der Waals surface area contributed by atoms with Crippen LogP contribution in [0.25, 0.3) is 11.0 Å². The molecule has 3 N–H and O–H groups in total. The molecule has 146 valence electrons. The van der Waals surface area contributed by atoms with Gasteiger partial charge in [-0.05, 0) is 24.5 Å². The number of aliphatic imine (C=N–C) groups is 1. The number of pyridine rings is 1. The number of H-pyrrole nitrogens is 1. The maximum atomic E-state index is 12.6. The molecule has 1 aliphatic heterocycles. The highest BCUT2D eigenvalue weighted by Gasteiger charge is 2.28. The summed E-state index contributed by atoms with van der Waals surface area (Å²) in [6, 6.07) is 2.95. The largest absolute Gasteiger partial charge is 0.346 e. The summed E-state index contributed by atoms with van der Waals surface area (Å²) in [5.74, 6) is 0.479. The molecule has 3 heterocycles. The molecular formula is C17H23N5O3S2. The number of hydrogen-bond donors (Lipinski definition) is 3. The molecule has 2 aromatic heterocycles.